The van der Waals surface area contributed by atoms with Gasteiger partial charge in [-0.2, -0.15) is 0 Å². The largest absolute Gasteiger partial charge is 0.335 e. The molecule has 0 aliphatic carbocycles. The monoisotopic (exact) mass is 310 g/mol. The van der Waals surface area contributed by atoms with Crippen LogP contribution in [0.4, 0.5) is 0 Å². The van der Waals surface area contributed by atoms with Gasteiger partial charge in [0.15, 0.2) is 0 Å². The number of hydrogen-bond acceptors (Lipinski definition) is 2. The van der Waals surface area contributed by atoms with Gasteiger partial charge in [0.25, 0.3) is 11.5 Å². The highest BCUT2D eigenvalue weighted by Crippen LogP contribution is 2.33. The molecule has 0 spiro atoms. The normalized spacial score (nSPS) is 20.7. The molecule has 4 heteroatoms. The Hall–Kier alpha value is -2.36. The molecule has 3 rings (SSSR count). The molecule has 1 saturated heterocycles. The van der Waals surface area contributed by atoms with Crippen LogP contribution in [0.1, 0.15) is 40.7 Å². The third kappa shape index (κ3) is 2.93. The molecular weight excluding hydrogens is 288 g/mol. The van der Waals surface area contributed by atoms with Crippen LogP contribution in [0.25, 0.3) is 0 Å². The second-order valence-corrected chi connectivity index (χ2v) is 6.46. The molecule has 2 atom stereocenters. The molecule has 0 bridgehead atoms. The molecule has 23 heavy (non-hydrogen) atoms. The van der Waals surface area contributed by atoms with Crippen molar-refractivity contribution in [3.8, 4) is 0 Å². The van der Waals surface area contributed by atoms with Gasteiger partial charge in [-0.3, -0.25) is 9.59 Å². The molecule has 1 aromatic heterocycles. The molecule has 0 unspecified atom stereocenters. The first-order valence-corrected chi connectivity index (χ1v) is 8.00. The summed E-state index contributed by atoms with van der Waals surface area (Å²) < 4.78 is 1.47. The van der Waals surface area contributed by atoms with Crippen LogP contribution in [0.15, 0.2) is 47.4 Å². The van der Waals surface area contributed by atoms with Gasteiger partial charge in [-0.15, -0.1) is 0 Å². The van der Waals surface area contributed by atoms with Gasteiger partial charge in [0.2, 0.25) is 0 Å². The van der Waals surface area contributed by atoms with Crippen molar-refractivity contribution in [2.75, 3.05) is 6.54 Å². The molecule has 1 amide bonds. The Morgan fingerprint density at radius 2 is 1.96 bits per heavy atom. The quantitative estimate of drug-likeness (QED) is 0.856. The number of pyridine rings is 1. The molecule has 0 radical (unpaired) electrons. The number of hydrogen-bond donors (Lipinski definition) is 0. The highest BCUT2D eigenvalue weighted by Gasteiger charge is 2.34. The lowest BCUT2D eigenvalue weighted by Gasteiger charge is -2.21. The van der Waals surface area contributed by atoms with Crippen molar-refractivity contribution in [3.63, 3.8) is 0 Å². The van der Waals surface area contributed by atoms with E-state index >= 15 is 0 Å². The predicted octanol–water partition coefficient (Wildman–Crippen LogP) is 2.71. The number of aryl methyl sites for hydroxylation is 2. The molecule has 0 N–H and O–H groups in total. The lowest BCUT2D eigenvalue weighted by atomic mass is 9.93. The SMILES string of the molecule is Cc1ccccc1[C@@H]1C[C@@H](C)N(C(=O)c2ccn(C)c(=O)c2)C1. The summed E-state index contributed by atoms with van der Waals surface area (Å²) in [5.41, 5.74) is 2.91. The zero-order chi connectivity index (χ0) is 16.6. The van der Waals surface area contributed by atoms with Crippen LogP contribution in [0.3, 0.4) is 0 Å². The fourth-order valence-corrected chi connectivity index (χ4v) is 3.43. The van der Waals surface area contributed by atoms with E-state index in [4.69, 9.17) is 0 Å². The molecule has 1 aromatic carbocycles. The van der Waals surface area contributed by atoms with Crippen LogP contribution in [0.2, 0.25) is 0 Å². The van der Waals surface area contributed by atoms with E-state index in [-0.39, 0.29) is 17.5 Å². The van der Waals surface area contributed by atoms with Crippen molar-refractivity contribution >= 4 is 5.91 Å². The van der Waals surface area contributed by atoms with E-state index in [1.54, 1.807) is 19.3 Å². The van der Waals surface area contributed by atoms with Gasteiger partial charge < -0.3 is 9.47 Å². The van der Waals surface area contributed by atoms with Gasteiger partial charge in [0.05, 0.1) is 0 Å². The Balaban J connectivity index is 1.84. The van der Waals surface area contributed by atoms with E-state index < -0.39 is 0 Å². The summed E-state index contributed by atoms with van der Waals surface area (Å²) in [7, 11) is 1.68. The lowest BCUT2D eigenvalue weighted by molar-refractivity contribution is 0.0745. The number of nitrogens with zero attached hydrogens (tertiary/aromatic N) is 2. The summed E-state index contributed by atoms with van der Waals surface area (Å²) in [5, 5.41) is 0. The van der Waals surface area contributed by atoms with Crippen LogP contribution in [-0.2, 0) is 7.05 Å². The molecule has 1 aliphatic rings. The third-order valence-corrected chi connectivity index (χ3v) is 4.82. The van der Waals surface area contributed by atoms with Crippen LogP contribution < -0.4 is 5.56 Å². The fourth-order valence-electron chi connectivity index (χ4n) is 3.43. The maximum absolute atomic E-state index is 12.8. The van der Waals surface area contributed by atoms with E-state index in [2.05, 4.69) is 32.0 Å². The fraction of sp³-hybridized carbons (Fsp3) is 0.368. The van der Waals surface area contributed by atoms with Crippen LogP contribution >= 0.6 is 0 Å². The lowest BCUT2D eigenvalue weighted by Crippen LogP contribution is -2.34. The minimum absolute atomic E-state index is 0.0497. The maximum atomic E-state index is 12.8. The molecule has 4 nitrogen and oxygen atoms in total. The number of rotatable bonds is 2. The summed E-state index contributed by atoms with van der Waals surface area (Å²) >= 11 is 0. The minimum atomic E-state index is -0.154. The highest BCUT2D eigenvalue weighted by molar-refractivity contribution is 5.94. The highest BCUT2D eigenvalue weighted by atomic mass is 16.2. The zero-order valence-corrected chi connectivity index (χ0v) is 13.8. The van der Waals surface area contributed by atoms with Gasteiger partial charge in [-0.1, -0.05) is 24.3 Å². The number of likely N-dealkylation sites (tertiary alicyclic amines) is 1. The van der Waals surface area contributed by atoms with Crippen LogP contribution in [0, 0.1) is 6.92 Å². The van der Waals surface area contributed by atoms with E-state index in [1.165, 1.54) is 21.8 Å². The van der Waals surface area contributed by atoms with Crippen LogP contribution in [-0.4, -0.2) is 28.0 Å². The van der Waals surface area contributed by atoms with Crippen molar-refractivity contribution in [2.45, 2.75) is 32.2 Å². The number of amides is 1. The van der Waals surface area contributed by atoms with Gasteiger partial charge in [0.1, 0.15) is 0 Å². The molecule has 2 heterocycles. The Labute approximate surface area is 136 Å². The van der Waals surface area contributed by atoms with Crippen LogP contribution in [0.5, 0.6) is 0 Å². The van der Waals surface area contributed by atoms with Gasteiger partial charge in [0, 0.05) is 43.4 Å². The van der Waals surface area contributed by atoms with Crippen molar-refractivity contribution < 1.29 is 4.79 Å². The average Bonchev–Trinajstić information content (AvgIpc) is 2.91. The van der Waals surface area contributed by atoms with E-state index in [0.717, 1.165) is 6.42 Å². The molecule has 0 saturated carbocycles. The summed E-state index contributed by atoms with van der Waals surface area (Å²) in [6.07, 6.45) is 2.61. The Kier molecular flexibility index (Phi) is 4.07. The van der Waals surface area contributed by atoms with Gasteiger partial charge in [-0.05, 0) is 37.5 Å². The zero-order valence-electron chi connectivity index (χ0n) is 13.8. The predicted molar refractivity (Wildman–Crippen MR) is 90.7 cm³/mol. The number of aromatic nitrogens is 1. The first-order chi connectivity index (χ1) is 11.0. The summed E-state index contributed by atoms with van der Waals surface area (Å²) in [6, 6.07) is 11.7. The number of carbonyl (C=O) groups excluding carboxylic acids is 1. The molecule has 2 aromatic rings. The Morgan fingerprint density at radius 1 is 1.22 bits per heavy atom. The van der Waals surface area contributed by atoms with Gasteiger partial charge in [-0.25, -0.2) is 0 Å². The van der Waals surface area contributed by atoms with Crippen molar-refractivity contribution in [1.29, 1.82) is 0 Å². The summed E-state index contributed by atoms with van der Waals surface area (Å²) in [4.78, 5) is 26.4. The van der Waals surface area contributed by atoms with E-state index in [0.29, 0.717) is 18.0 Å². The molecule has 120 valence electrons. The molecule has 1 fully saturated rings. The van der Waals surface area contributed by atoms with Gasteiger partial charge >= 0.3 is 0 Å². The number of carbonyl (C=O) groups is 1. The van der Waals surface area contributed by atoms with Crippen molar-refractivity contribution in [1.82, 2.24) is 9.47 Å². The Bertz CT molecular complexity index is 794. The second-order valence-electron chi connectivity index (χ2n) is 6.46. The summed E-state index contributed by atoms with van der Waals surface area (Å²) in [6.45, 7) is 4.91. The maximum Gasteiger partial charge on any atom is 0.254 e. The van der Waals surface area contributed by atoms with Crippen molar-refractivity contribution in [3.05, 3.63) is 69.6 Å². The first kappa shape index (κ1) is 15.5. The van der Waals surface area contributed by atoms with E-state index in [1.807, 2.05) is 11.0 Å². The van der Waals surface area contributed by atoms with Crippen molar-refractivity contribution in [2.24, 2.45) is 7.05 Å². The Morgan fingerprint density at radius 3 is 2.65 bits per heavy atom. The average molecular weight is 310 g/mol. The number of benzene rings is 1. The third-order valence-electron chi connectivity index (χ3n) is 4.82. The molecule has 1 aliphatic heterocycles. The first-order valence-electron chi connectivity index (χ1n) is 8.00. The standard InChI is InChI=1S/C19H22N2O2/c1-13-6-4-5-7-17(13)16-10-14(2)21(12-16)19(23)15-8-9-20(3)18(22)11-15/h4-9,11,14,16H,10,12H2,1-3H3/t14-,16-/m1/s1. The summed E-state index contributed by atoms with van der Waals surface area (Å²) in [5.74, 6) is 0.313. The molecular formula is C19H22N2O2. The smallest absolute Gasteiger partial charge is 0.254 e. The minimum Gasteiger partial charge on any atom is -0.335 e. The second kappa shape index (κ2) is 6.03. The topological polar surface area (TPSA) is 42.3 Å². The van der Waals surface area contributed by atoms with E-state index in [9.17, 15) is 9.59 Å².